The molecule has 266 valence electrons. The molecule has 0 saturated carbocycles. The Morgan fingerprint density at radius 2 is 1.53 bits per heavy atom. The molecule has 1 aliphatic rings. The third-order valence-electron chi connectivity index (χ3n) is 7.97. The Kier molecular flexibility index (Phi) is 14.2. The van der Waals surface area contributed by atoms with E-state index >= 15 is 8.78 Å². The van der Waals surface area contributed by atoms with Gasteiger partial charge < -0.3 is 25.6 Å². The fraction of sp³-hybridized carbons (Fsp3) is 0.471. The fourth-order valence-electron chi connectivity index (χ4n) is 5.28. The molecule has 0 radical (unpaired) electrons. The number of Topliss-reactive ketones (excluding diaryl/α,β-unsaturated/α-hetero) is 1. The van der Waals surface area contributed by atoms with E-state index in [1.165, 1.54) is 13.8 Å². The van der Waals surface area contributed by atoms with Crippen LogP contribution in [0.25, 0.3) is 0 Å². The Morgan fingerprint density at radius 3 is 2.06 bits per heavy atom. The van der Waals surface area contributed by atoms with Gasteiger partial charge in [0.2, 0.25) is 11.7 Å². The van der Waals surface area contributed by atoms with Crippen molar-refractivity contribution in [2.45, 2.75) is 83.2 Å². The molecule has 2 unspecified atom stereocenters. The molecule has 15 heteroatoms. The average Bonchev–Trinajstić information content (AvgIpc) is 3.59. The van der Waals surface area contributed by atoms with E-state index in [9.17, 15) is 33.9 Å². The third kappa shape index (κ3) is 10.3. The van der Waals surface area contributed by atoms with Gasteiger partial charge in [0, 0.05) is 6.54 Å². The largest absolute Gasteiger partial charge is 0.480 e. The number of nitrogens with zero attached hydrogens (tertiary/aromatic N) is 2. The highest BCUT2D eigenvalue weighted by Crippen LogP contribution is 2.27. The summed E-state index contributed by atoms with van der Waals surface area (Å²) in [6, 6.07) is 11.6. The van der Waals surface area contributed by atoms with Gasteiger partial charge in [-0.25, -0.2) is 19.3 Å². The molecule has 0 aliphatic carbocycles. The van der Waals surface area contributed by atoms with Gasteiger partial charge >= 0.3 is 30.0 Å². The van der Waals surface area contributed by atoms with Crippen molar-refractivity contribution in [1.29, 1.82) is 0 Å². The predicted octanol–water partition coefficient (Wildman–Crippen LogP) is 3.88. The van der Waals surface area contributed by atoms with E-state index in [2.05, 4.69) is 5.32 Å². The summed E-state index contributed by atoms with van der Waals surface area (Å²) in [6.45, 7) is 2.42. The van der Waals surface area contributed by atoms with Crippen LogP contribution in [0.3, 0.4) is 0 Å². The number of nitrogens with two attached hydrogens (primary N) is 1. The van der Waals surface area contributed by atoms with Gasteiger partial charge in [-0.15, -0.1) is 0 Å². The number of ether oxygens (including phenoxy) is 2. The molecular formula is C34H42F2N4O9. The van der Waals surface area contributed by atoms with Crippen molar-refractivity contribution in [2.75, 3.05) is 13.1 Å². The van der Waals surface area contributed by atoms with Crippen LogP contribution in [0.4, 0.5) is 18.4 Å². The molecule has 1 aliphatic heterocycles. The Balaban J connectivity index is 1.81. The second kappa shape index (κ2) is 18.0. The first kappa shape index (κ1) is 38.5. The Bertz CT molecular complexity index is 1460. The van der Waals surface area contributed by atoms with Crippen molar-refractivity contribution < 1.29 is 52.1 Å². The standard InChI is InChI=1S/C34H42F2N4O9/c1-22(2)27(38-29(42)25-17-11-19-39(25)32(46)48-20-23-12-5-3-6-13-23)28(41)34(35,36)31(45)40(26(30(43)44)16-9-10-18-37)33(47)49-21-24-14-7-4-8-15-24/h3-8,12-15,22,25-27H,9-11,16-21,37H2,1-2H3,(H,38,42)(H,43,44)/t25?,26-,27?/m0/s1. The van der Waals surface area contributed by atoms with E-state index in [-0.39, 0.29) is 43.9 Å². The number of carboxylic acids is 1. The summed E-state index contributed by atoms with van der Waals surface area (Å²) in [5.41, 5.74) is 6.60. The molecule has 0 bridgehead atoms. The van der Waals surface area contributed by atoms with Gasteiger partial charge in [-0.05, 0) is 55.7 Å². The number of rotatable bonds is 16. The highest BCUT2D eigenvalue weighted by molar-refractivity contribution is 6.14. The molecule has 2 aromatic carbocycles. The zero-order valence-corrected chi connectivity index (χ0v) is 27.4. The molecule has 3 rings (SSSR count). The molecule has 1 heterocycles. The van der Waals surface area contributed by atoms with Crippen molar-refractivity contribution in [1.82, 2.24) is 15.1 Å². The van der Waals surface area contributed by atoms with Crippen molar-refractivity contribution in [3.63, 3.8) is 0 Å². The van der Waals surface area contributed by atoms with Crippen LogP contribution in [0, 0.1) is 5.92 Å². The van der Waals surface area contributed by atoms with Crippen molar-refractivity contribution in [3.8, 4) is 0 Å². The monoisotopic (exact) mass is 688 g/mol. The number of imide groups is 1. The van der Waals surface area contributed by atoms with Gasteiger partial charge in [0.25, 0.3) is 0 Å². The first-order valence-corrected chi connectivity index (χ1v) is 16.0. The van der Waals surface area contributed by atoms with Gasteiger partial charge in [-0.3, -0.25) is 19.3 Å². The van der Waals surface area contributed by atoms with E-state index in [0.717, 1.165) is 4.90 Å². The normalized spacial score (nSPS) is 15.6. The van der Waals surface area contributed by atoms with Crippen LogP contribution < -0.4 is 11.1 Å². The number of unbranched alkanes of at least 4 members (excludes halogenated alkanes) is 1. The van der Waals surface area contributed by atoms with E-state index in [1.54, 1.807) is 60.7 Å². The fourth-order valence-corrected chi connectivity index (χ4v) is 5.28. The van der Waals surface area contributed by atoms with Gasteiger partial charge in [-0.2, -0.15) is 8.78 Å². The summed E-state index contributed by atoms with van der Waals surface area (Å²) in [4.78, 5) is 79.2. The number of nitrogens with one attached hydrogen (secondary N) is 1. The van der Waals surface area contributed by atoms with E-state index in [0.29, 0.717) is 17.5 Å². The maximum atomic E-state index is 15.9. The quantitative estimate of drug-likeness (QED) is 0.173. The Labute approximate surface area is 282 Å². The van der Waals surface area contributed by atoms with E-state index in [1.807, 2.05) is 0 Å². The molecule has 1 saturated heterocycles. The third-order valence-corrected chi connectivity index (χ3v) is 7.97. The topological polar surface area (TPSA) is 186 Å². The van der Waals surface area contributed by atoms with Gasteiger partial charge in [0.1, 0.15) is 25.3 Å². The maximum Gasteiger partial charge on any atom is 0.417 e. The minimum Gasteiger partial charge on any atom is -0.480 e. The number of ketones is 1. The predicted molar refractivity (Wildman–Crippen MR) is 171 cm³/mol. The lowest BCUT2D eigenvalue weighted by Crippen LogP contribution is -2.61. The van der Waals surface area contributed by atoms with Gasteiger partial charge in [-0.1, -0.05) is 74.5 Å². The zero-order chi connectivity index (χ0) is 36.1. The van der Waals surface area contributed by atoms with E-state index in [4.69, 9.17) is 15.2 Å². The van der Waals surface area contributed by atoms with Crippen molar-refractivity contribution >= 4 is 35.8 Å². The smallest absolute Gasteiger partial charge is 0.417 e. The van der Waals surface area contributed by atoms with Crippen molar-refractivity contribution in [2.24, 2.45) is 11.7 Å². The summed E-state index contributed by atoms with van der Waals surface area (Å²) < 4.78 is 42.2. The minimum absolute atomic E-state index is 0.0546. The molecule has 13 nitrogen and oxygen atoms in total. The molecule has 49 heavy (non-hydrogen) atoms. The first-order valence-electron chi connectivity index (χ1n) is 16.0. The second-order valence-electron chi connectivity index (χ2n) is 11.9. The summed E-state index contributed by atoms with van der Waals surface area (Å²) in [7, 11) is 0. The molecular weight excluding hydrogens is 646 g/mol. The number of carbonyl (C=O) groups excluding carboxylic acids is 5. The molecule has 1 fully saturated rings. The zero-order valence-electron chi connectivity index (χ0n) is 27.4. The van der Waals surface area contributed by atoms with Gasteiger partial charge in [0.15, 0.2) is 0 Å². The Hall–Kier alpha value is -4.92. The summed E-state index contributed by atoms with van der Waals surface area (Å²) in [5, 5.41) is 12.1. The average molecular weight is 689 g/mol. The lowest BCUT2D eigenvalue weighted by molar-refractivity contribution is -0.171. The van der Waals surface area contributed by atoms with Crippen LogP contribution in [0.15, 0.2) is 60.7 Å². The maximum absolute atomic E-state index is 15.9. The van der Waals surface area contributed by atoms with Crippen LogP contribution in [0.1, 0.15) is 57.1 Å². The molecule has 4 N–H and O–H groups in total. The van der Waals surface area contributed by atoms with Crippen LogP contribution in [-0.4, -0.2) is 87.8 Å². The summed E-state index contributed by atoms with van der Waals surface area (Å²) >= 11 is 0. The van der Waals surface area contributed by atoms with Crippen LogP contribution in [0.2, 0.25) is 0 Å². The number of amides is 4. The number of aliphatic carboxylic acids is 1. The first-order chi connectivity index (χ1) is 23.3. The number of alkyl halides is 2. The molecule has 4 amide bonds. The molecule has 0 spiro atoms. The molecule has 3 atom stereocenters. The lowest BCUT2D eigenvalue weighted by atomic mass is 9.94. The summed E-state index contributed by atoms with van der Waals surface area (Å²) in [5.74, 6) is -13.1. The van der Waals surface area contributed by atoms with Crippen molar-refractivity contribution in [3.05, 3.63) is 71.8 Å². The number of carboxylic acid groups (broad SMARTS) is 1. The second-order valence-corrected chi connectivity index (χ2v) is 11.9. The lowest BCUT2D eigenvalue weighted by Gasteiger charge is -2.32. The van der Waals surface area contributed by atoms with E-state index < -0.39 is 78.7 Å². The summed E-state index contributed by atoms with van der Waals surface area (Å²) in [6.07, 6.45) is -2.07. The Morgan fingerprint density at radius 1 is 0.959 bits per heavy atom. The number of halogens is 2. The number of hydrogen-bond acceptors (Lipinski definition) is 9. The highest BCUT2D eigenvalue weighted by atomic mass is 19.3. The number of hydrogen-bond donors (Lipinski definition) is 3. The van der Waals surface area contributed by atoms with Crippen LogP contribution in [-0.2, 0) is 41.9 Å². The SMILES string of the molecule is CC(C)C(NC(=O)C1CCCN1C(=O)OCc1ccccc1)C(=O)C(F)(F)C(=O)N(C(=O)OCc1ccccc1)[C@@H](CCCCN)C(=O)O. The number of likely N-dealkylation sites (tertiary alicyclic amines) is 1. The molecule has 0 aromatic heterocycles. The minimum atomic E-state index is -4.97. The van der Waals surface area contributed by atoms with Crippen LogP contribution in [0.5, 0.6) is 0 Å². The number of carbonyl (C=O) groups is 6. The van der Waals surface area contributed by atoms with Crippen LogP contribution >= 0.6 is 0 Å². The molecule has 2 aromatic rings. The van der Waals surface area contributed by atoms with Gasteiger partial charge in [0.05, 0.1) is 6.04 Å². The highest BCUT2D eigenvalue weighted by Gasteiger charge is 2.57. The number of benzene rings is 2.